The first kappa shape index (κ1) is 14.4. The first-order valence-electron chi connectivity index (χ1n) is 6.91. The van der Waals surface area contributed by atoms with Crippen molar-refractivity contribution < 1.29 is 9.90 Å². The number of nitrogens with zero attached hydrogens (tertiary/aromatic N) is 1. The molecular weight excluding hydrogens is 342 g/mol. The fourth-order valence-electron chi connectivity index (χ4n) is 3.76. The third kappa shape index (κ3) is 2.38. The average molecular weight is 359 g/mol. The summed E-state index contributed by atoms with van der Waals surface area (Å²) in [7, 11) is 0. The SMILES string of the molecule is O=C(O)[C@@]12CCC[C@H]1CN(Cc1ccc(Br)c(Cl)c1)C2. The molecular formula is C15H17BrClNO2. The smallest absolute Gasteiger partial charge is 0.311 e. The van der Waals surface area contributed by atoms with Crippen LogP contribution in [0.15, 0.2) is 22.7 Å². The van der Waals surface area contributed by atoms with Crippen LogP contribution in [0.4, 0.5) is 0 Å². The molecule has 1 N–H and O–H groups in total. The molecule has 0 radical (unpaired) electrons. The second kappa shape index (κ2) is 5.32. The van der Waals surface area contributed by atoms with Crippen LogP contribution in [0.25, 0.3) is 0 Å². The van der Waals surface area contributed by atoms with Gasteiger partial charge in [0.15, 0.2) is 0 Å². The number of carboxylic acid groups (broad SMARTS) is 1. The predicted octanol–water partition coefficient (Wildman–Crippen LogP) is 3.79. The minimum atomic E-state index is -0.615. The fourth-order valence-corrected chi connectivity index (χ4v) is 4.21. The molecule has 2 atom stereocenters. The van der Waals surface area contributed by atoms with E-state index in [4.69, 9.17) is 11.6 Å². The summed E-state index contributed by atoms with van der Waals surface area (Å²) < 4.78 is 0.892. The van der Waals surface area contributed by atoms with Crippen molar-refractivity contribution in [3.63, 3.8) is 0 Å². The topological polar surface area (TPSA) is 40.5 Å². The van der Waals surface area contributed by atoms with Gasteiger partial charge in [0.1, 0.15) is 0 Å². The van der Waals surface area contributed by atoms with Gasteiger partial charge in [0, 0.05) is 24.1 Å². The Hall–Kier alpha value is -0.580. The maximum Gasteiger partial charge on any atom is 0.311 e. The Morgan fingerprint density at radius 2 is 2.35 bits per heavy atom. The molecule has 20 heavy (non-hydrogen) atoms. The quantitative estimate of drug-likeness (QED) is 0.893. The minimum Gasteiger partial charge on any atom is -0.481 e. The molecule has 3 nitrogen and oxygen atoms in total. The zero-order chi connectivity index (χ0) is 14.3. The van der Waals surface area contributed by atoms with E-state index in [0.29, 0.717) is 17.5 Å². The Kier molecular flexibility index (Phi) is 3.82. The highest BCUT2D eigenvalue weighted by Gasteiger charge is 2.54. The van der Waals surface area contributed by atoms with Crippen LogP contribution < -0.4 is 0 Å². The Balaban J connectivity index is 1.74. The van der Waals surface area contributed by atoms with E-state index in [1.54, 1.807) is 0 Å². The molecule has 1 aromatic carbocycles. The maximum absolute atomic E-state index is 11.6. The maximum atomic E-state index is 11.6. The van der Waals surface area contributed by atoms with Gasteiger partial charge in [-0.3, -0.25) is 9.69 Å². The fraction of sp³-hybridized carbons (Fsp3) is 0.533. The van der Waals surface area contributed by atoms with E-state index < -0.39 is 11.4 Å². The lowest BCUT2D eigenvalue weighted by atomic mass is 9.81. The molecule has 3 rings (SSSR count). The highest BCUT2D eigenvalue weighted by atomic mass is 79.9. The largest absolute Gasteiger partial charge is 0.481 e. The van der Waals surface area contributed by atoms with Crippen LogP contribution in [0.1, 0.15) is 24.8 Å². The summed E-state index contributed by atoms with van der Waals surface area (Å²) in [6.07, 6.45) is 2.92. The molecule has 0 amide bonds. The van der Waals surface area contributed by atoms with Gasteiger partial charge in [-0.1, -0.05) is 24.1 Å². The Morgan fingerprint density at radius 3 is 3.00 bits per heavy atom. The summed E-state index contributed by atoms with van der Waals surface area (Å²) in [6, 6.07) is 5.94. The molecule has 0 aromatic heterocycles. The lowest BCUT2D eigenvalue weighted by molar-refractivity contribution is -0.149. The van der Waals surface area contributed by atoms with Crippen LogP contribution in [0.2, 0.25) is 5.02 Å². The molecule has 1 aromatic rings. The van der Waals surface area contributed by atoms with E-state index in [1.807, 2.05) is 18.2 Å². The highest BCUT2D eigenvalue weighted by molar-refractivity contribution is 9.10. The summed E-state index contributed by atoms with van der Waals surface area (Å²) in [5.41, 5.74) is 0.637. The molecule has 5 heteroatoms. The summed E-state index contributed by atoms with van der Waals surface area (Å²) in [5, 5.41) is 10.3. The molecule has 0 spiro atoms. The van der Waals surface area contributed by atoms with Gasteiger partial charge < -0.3 is 5.11 Å². The van der Waals surface area contributed by atoms with Crippen molar-refractivity contribution >= 4 is 33.5 Å². The van der Waals surface area contributed by atoms with Crippen molar-refractivity contribution in [3.05, 3.63) is 33.3 Å². The van der Waals surface area contributed by atoms with E-state index in [-0.39, 0.29) is 0 Å². The van der Waals surface area contributed by atoms with Gasteiger partial charge in [0.25, 0.3) is 0 Å². The number of carbonyl (C=O) groups is 1. The molecule has 1 heterocycles. The number of hydrogen-bond donors (Lipinski definition) is 1. The lowest BCUT2D eigenvalue weighted by Gasteiger charge is -2.23. The molecule has 2 aliphatic rings. The number of benzene rings is 1. The standard InChI is InChI=1S/C15H17BrClNO2/c16-12-4-3-10(6-13(12)17)7-18-8-11-2-1-5-15(11,9-18)14(19)20/h3-4,6,11H,1-2,5,7-9H2,(H,19,20)/t11-,15+/m0/s1. The average Bonchev–Trinajstić information content (AvgIpc) is 2.91. The third-order valence-electron chi connectivity index (χ3n) is 4.76. The number of rotatable bonds is 3. The number of hydrogen-bond acceptors (Lipinski definition) is 2. The summed E-state index contributed by atoms with van der Waals surface area (Å²) >= 11 is 9.50. The minimum absolute atomic E-state index is 0.311. The van der Waals surface area contributed by atoms with E-state index in [1.165, 1.54) is 0 Å². The van der Waals surface area contributed by atoms with Crippen LogP contribution in [-0.4, -0.2) is 29.1 Å². The zero-order valence-electron chi connectivity index (χ0n) is 11.1. The van der Waals surface area contributed by atoms with Gasteiger partial charge in [-0.25, -0.2) is 0 Å². The number of aliphatic carboxylic acids is 1. The van der Waals surface area contributed by atoms with E-state index >= 15 is 0 Å². The Bertz CT molecular complexity index is 551. The van der Waals surface area contributed by atoms with Gasteiger partial charge in [-0.05, 0) is 52.4 Å². The summed E-state index contributed by atoms with van der Waals surface area (Å²) in [5.74, 6) is -0.303. The van der Waals surface area contributed by atoms with Crippen LogP contribution in [0.3, 0.4) is 0 Å². The highest BCUT2D eigenvalue weighted by Crippen LogP contribution is 2.49. The van der Waals surface area contributed by atoms with Crippen LogP contribution >= 0.6 is 27.5 Å². The van der Waals surface area contributed by atoms with E-state index in [9.17, 15) is 9.90 Å². The first-order valence-corrected chi connectivity index (χ1v) is 8.08. The van der Waals surface area contributed by atoms with Crippen molar-refractivity contribution in [1.82, 2.24) is 4.90 Å². The molecule has 108 valence electrons. The summed E-state index contributed by atoms with van der Waals surface area (Å²) in [4.78, 5) is 13.9. The molecule has 0 unspecified atom stereocenters. The predicted molar refractivity (Wildman–Crippen MR) is 81.8 cm³/mol. The van der Waals surface area contributed by atoms with Crippen molar-refractivity contribution in [3.8, 4) is 0 Å². The van der Waals surface area contributed by atoms with Gasteiger partial charge in [-0.2, -0.15) is 0 Å². The molecule has 1 aliphatic carbocycles. The molecule has 2 fully saturated rings. The lowest BCUT2D eigenvalue weighted by Crippen LogP contribution is -2.35. The molecule has 1 aliphatic heterocycles. The van der Waals surface area contributed by atoms with E-state index in [0.717, 1.165) is 42.4 Å². The molecule has 1 saturated carbocycles. The third-order valence-corrected chi connectivity index (χ3v) is 5.99. The molecule has 1 saturated heterocycles. The Labute approximate surface area is 132 Å². The zero-order valence-corrected chi connectivity index (χ0v) is 13.5. The van der Waals surface area contributed by atoms with Crippen molar-refractivity contribution in [1.29, 1.82) is 0 Å². The van der Waals surface area contributed by atoms with Crippen LogP contribution in [-0.2, 0) is 11.3 Å². The van der Waals surface area contributed by atoms with Crippen molar-refractivity contribution in [2.75, 3.05) is 13.1 Å². The Morgan fingerprint density at radius 1 is 1.55 bits per heavy atom. The van der Waals surface area contributed by atoms with Gasteiger partial charge in [0.05, 0.1) is 10.4 Å². The summed E-state index contributed by atoms with van der Waals surface area (Å²) in [6.45, 7) is 2.33. The van der Waals surface area contributed by atoms with Gasteiger partial charge >= 0.3 is 5.97 Å². The number of carboxylic acids is 1. The second-order valence-corrected chi connectivity index (χ2v) is 7.23. The monoisotopic (exact) mass is 357 g/mol. The number of halogens is 2. The van der Waals surface area contributed by atoms with Crippen molar-refractivity contribution in [2.24, 2.45) is 11.3 Å². The van der Waals surface area contributed by atoms with Crippen LogP contribution in [0, 0.1) is 11.3 Å². The second-order valence-electron chi connectivity index (χ2n) is 5.97. The van der Waals surface area contributed by atoms with Crippen LogP contribution in [0.5, 0.6) is 0 Å². The van der Waals surface area contributed by atoms with Crippen molar-refractivity contribution in [2.45, 2.75) is 25.8 Å². The number of fused-ring (bicyclic) bond motifs is 1. The van der Waals surface area contributed by atoms with Gasteiger partial charge in [0.2, 0.25) is 0 Å². The molecule has 0 bridgehead atoms. The number of likely N-dealkylation sites (tertiary alicyclic amines) is 1. The first-order chi connectivity index (χ1) is 9.51. The van der Waals surface area contributed by atoms with E-state index in [2.05, 4.69) is 20.8 Å². The normalized spacial score (nSPS) is 29.6. The van der Waals surface area contributed by atoms with Gasteiger partial charge in [-0.15, -0.1) is 0 Å².